The number of nitrogen functional groups attached to an aromatic ring is 1. The van der Waals surface area contributed by atoms with E-state index in [1.54, 1.807) is 23.7 Å². The Morgan fingerprint density at radius 1 is 1.29 bits per heavy atom. The van der Waals surface area contributed by atoms with E-state index in [0.29, 0.717) is 27.6 Å². The highest BCUT2D eigenvalue weighted by atomic mass is 35.5. The Kier molecular flexibility index (Phi) is 3.31. The van der Waals surface area contributed by atoms with Gasteiger partial charge in [0.1, 0.15) is 30.2 Å². The SMILES string of the molecule is CC(C=O)n1nc(-c2ccc(Cl)cc2)c2c(N)ncnc21. The molecular formula is C14H12ClN5O. The van der Waals surface area contributed by atoms with Crippen molar-refractivity contribution in [3.05, 3.63) is 35.6 Å². The Balaban J connectivity index is 2.32. The molecule has 0 saturated heterocycles. The van der Waals surface area contributed by atoms with Crippen LogP contribution in [0.5, 0.6) is 0 Å². The number of aromatic nitrogens is 4. The fourth-order valence-corrected chi connectivity index (χ4v) is 2.27. The highest BCUT2D eigenvalue weighted by Crippen LogP contribution is 2.31. The van der Waals surface area contributed by atoms with Crippen molar-refractivity contribution >= 4 is 34.7 Å². The van der Waals surface area contributed by atoms with E-state index in [4.69, 9.17) is 17.3 Å². The maximum atomic E-state index is 11.1. The normalized spacial score (nSPS) is 12.5. The first-order valence-electron chi connectivity index (χ1n) is 6.31. The van der Waals surface area contributed by atoms with E-state index in [0.717, 1.165) is 11.8 Å². The summed E-state index contributed by atoms with van der Waals surface area (Å²) in [5.74, 6) is 0.328. The Morgan fingerprint density at radius 3 is 2.67 bits per heavy atom. The van der Waals surface area contributed by atoms with Crippen molar-refractivity contribution in [2.24, 2.45) is 0 Å². The van der Waals surface area contributed by atoms with Crippen LogP contribution in [0.4, 0.5) is 5.82 Å². The molecular weight excluding hydrogens is 290 g/mol. The third-order valence-electron chi connectivity index (χ3n) is 3.22. The number of hydrogen-bond donors (Lipinski definition) is 1. The van der Waals surface area contributed by atoms with Gasteiger partial charge in [0.15, 0.2) is 5.65 Å². The molecule has 2 aromatic heterocycles. The number of rotatable bonds is 3. The van der Waals surface area contributed by atoms with Gasteiger partial charge in [-0.1, -0.05) is 23.7 Å². The predicted octanol–water partition coefficient (Wildman–Crippen LogP) is 2.49. The van der Waals surface area contributed by atoms with Gasteiger partial charge in [0, 0.05) is 10.6 Å². The molecule has 1 aromatic carbocycles. The molecule has 0 fully saturated rings. The largest absolute Gasteiger partial charge is 0.383 e. The summed E-state index contributed by atoms with van der Waals surface area (Å²) in [5.41, 5.74) is 7.96. The Labute approximate surface area is 125 Å². The van der Waals surface area contributed by atoms with Gasteiger partial charge in [0.05, 0.1) is 5.39 Å². The molecule has 0 saturated carbocycles. The maximum Gasteiger partial charge on any atom is 0.164 e. The van der Waals surface area contributed by atoms with E-state index in [-0.39, 0.29) is 0 Å². The first-order valence-corrected chi connectivity index (χ1v) is 6.69. The lowest BCUT2D eigenvalue weighted by Gasteiger charge is -2.04. The highest BCUT2D eigenvalue weighted by molar-refractivity contribution is 6.30. The Hall–Kier alpha value is -2.47. The molecule has 2 heterocycles. The van der Waals surface area contributed by atoms with Crippen LogP contribution in [0.15, 0.2) is 30.6 Å². The smallest absolute Gasteiger partial charge is 0.164 e. The van der Waals surface area contributed by atoms with Crippen molar-refractivity contribution in [3.63, 3.8) is 0 Å². The fourth-order valence-electron chi connectivity index (χ4n) is 2.15. The molecule has 0 radical (unpaired) electrons. The number of fused-ring (bicyclic) bond motifs is 1. The highest BCUT2D eigenvalue weighted by Gasteiger charge is 2.19. The summed E-state index contributed by atoms with van der Waals surface area (Å²) >= 11 is 5.91. The summed E-state index contributed by atoms with van der Waals surface area (Å²) in [7, 11) is 0. The average Bonchev–Trinajstić information content (AvgIpc) is 2.88. The molecule has 0 amide bonds. The first-order chi connectivity index (χ1) is 10.1. The minimum absolute atomic E-state index is 0.328. The van der Waals surface area contributed by atoms with Crippen LogP contribution in [0.25, 0.3) is 22.3 Å². The van der Waals surface area contributed by atoms with Crippen molar-refractivity contribution < 1.29 is 4.79 Å². The lowest BCUT2D eigenvalue weighted by atomic mass is 10.1. The summed E-state index contributed by atoms with van der Waals surface area (Å²) in [6.07, 6.45) is 2.16. The summed E-state index contributed by atoms with van der Waals surface area (Å²) in [6, 6.07) is 6.78. The van der Waals surface area contributed by atoms with E-state index in [1.807, 2.05) is 12.1 Å². The van der Waals surface area contributed by atoms with Crippen LogP contribution in [-0.4, -0.2) is 26.0 Å². The van der Waals surface area contributed by atoms with Crippen molar-refractivity contribution in [2.75, 3.05) is 5.73 Å². The number of nitrogens with two attached hydrogens (primary N) is 1. The fraction of sp³-hybridized carbons (Fsp3) is 0.143. The number of carbonyl (C=O) groups is 1. The van der Waals surface area contributed by atoms with Crippen LogP contribution in [0.2, 0.25) is 5.02 Å². The summed E-state index contributed by atoms with van der Waals surface area (Å²) < 4.78 is 1.55. The number of benzene rings is 1. The molecule has 21 heavy (non-hydrogen) atoms. The molecule has 0 aliphatic carbocycles. The molecule has 106 valence electrons. The van der Waals surface area contributed by atoms with Gasteiger partial charge < -0.3 is 10.5 Å². The van der Waals surface area contributed by atoms with Crippen LogP contribution >= 0.6 is 11.6 Å². The van der Waals surface area contributed by atoms with Gasteiger partial charge in [0.25, 0.3) is 0 Å². The molecule has 6 nitrogen and oxygen atoms in total. The Morgan fingerprint density at radius 2 is 2.00 bits per heavy atom. The Bertz CT molecular complexity index is 812. The molecule has 0 spiro atoms. The first kappa shape index (κ1) is 13.5. The van der Waals surface area contributed by atoms with Gasteiger partial charge in [-0.3, -0.25) is 0 Å². The van der Waals surface area contributed by atoms with E-state index in [9.17, 15) is 4.79 Å². The van der Waals surface area contributed by atoms with Gasteiger partial charge in [0.2, 0.25) is 0 Å². The van der Waals surface area contributed by atoms with E-state index in [2.05, 4.69) is 15.1 Å². The van der Waals surface area contributed by atoms with E-state index >= 15 is 0 Å². The standard InChI is InChI=1S/C14H12ClN5O/c1-8(6-21)20-14-11(13(16)17-7-18-14)12(19-20)9-2-4-10(15)5-3-9/h2-8H,1H3,(H2,16,17,18). The topological polar surface area (TPSA) is 86.7 Å². The van der Waals surface area contributed by atoms with Gasteiger partial charge in [-0.2, -0.15) is 5.10 Å². The average molecular weight is 302 g/mol. The third-order valence-corrected chi connectivity index (χ3v) is 3.47. The zero-order valence-electron chi connectivity index (χ0n) is 11.2. The molecule has 7 heteroatoms. The number of aldehydes is 1. The van der Waals surface area contributed by atoms with E-state index in [1.165, 1.54) is 6.33 Å². The second-order valence-corrected chi connectivity index (χ2v) is 5.07. The van der Waals surface area contributed by atoms with Crippen LogP contribution in [0.3, 0.4) is 0 Å². The van der Waals surface area contributed by atoms with Crippen molar-refractivity contribution in [1.82, 2.24) is 19.7 Å². The number of carbonyl (C=O) groups excluding carboxylic acids is 1. The second kappa shape index (κ2) is 5.14. The summed E-state index contributed by atoms with van der Waals surface area (Å²) in [6.45, 7) is 1.74. The number of nitrogens with zero attached hydrogens (tertiary/aromatic N) is 4. The van der Waals surface area contributed by atoms with Crippen LogP contribution in [-0.2, 0) is 4.79 Å². The zero-order valence-corrected chi connectivity index (χ0v) is 11.9. The molecule has 0 aliphatic heterocycles. The minimum atomic E-state index is -0.442. The van der Waals surface area contributed by atoms with Gasteiger partial charge >= 0.3 is 0 Å². The van der Waals surface area contributed by atoms with Gasteiger partial charge in [-0.05, 0) is 19.1 Å². The molecule has 3 rings (SSSR count). The molecule has 0 aliphatic rings. The van der Waals surface area contributed by atoms with Gasteiger partial charge in [-0.15, -0.1) is 0 Å². The quantitative estimate of drug-likeness (QED) is 0.751. The van der Waals surface area contributed by atoms with E-state index < -0.39 is 6.04 Å². The molecule has 1 atom stereocenters. The number of anilines is 1. The minimum Gasteiger partial charge on any atom is -0.383 e. The number of hydrogen-bond acceptors (Lipinski definition) is 5. The molecule has 3 aromatic rings. The monoisotopic (exact) mass is 301 g/mol. The molecule has 1 unspecified atom stereocenters. The van der Waals surface area contributed by atoms with Crippen molar-refractivity contribution in [2.45, 2.75) is 13.0 Å². The predicted molar refractivity (Wildman–Crippen MR) is 81.0 cm³/mol. The lowest BCUT2D eigenvalue weighted by Crippen LogP contribution is -2.08. The molecule has 0 bridgehead atoms. The lowest BCUT2D eigenvalue weighted by molar-refractivity contribution is -0.110. The van der Waals surface area contributed by atoms with Crippen LogP contribution < -0.4 is 5.73 Å². The zero-order chi connectivity index (χ0) is 15.0. The van der Waals surface area contributed by atoms with Crippen LogP contribution in [0.1, 0.15) is 13.0 Å². The van der Waals surface area contributed by atoms with Crippen molar-refractivity contribution in [1.29, 1.82) is 0 Å². The van der Waals surface area contributed by atoms with Gasteiger partial charge in [-0.25, -0.2) is 14.6 Å². The summed E-state index contributed by atoms with van der Waals surface area (Å²) in [5, 5.41) is 5.75. The number of halogens is 1. The maximum absolute atomic E-state index is 11.1. The summed E-state index contributed by atoms with van der Waals surface area (Å²) in [4.78, 5) is 19.3. The van der Waals surface area contributed by atoms with Crippen molar-refractivity contribution in [3.8, 4) is 11.3 Å². The third kappa shape index (κ3) is 2.23. The van der Waals surface area contributed by atoms with Crippen LogP contribution in [0, 0.1) is 0 Å². The molecule has 2 N–H and O–H groups in total. The second-order valence-electron chi connectivity index (χ2n) is 4.63.